The standard InChI is InChI=1S/C15H26N2O/c1-11-6-7-13(18-11)10-16-12-8-14(2,3)17-15(4,5)9-12/h6-7,12,16-17H,8-10H2,1-5H3. The largest absolute Gasteiger partial charge is 0.465 e. The summed E-state index contributed by atoms with van der Waals surface area (Å²) in [4.78, 5) is 0. The molecule has 1 saturated heterocycles. The maximum absolute atomic E-state index is 5.60. The first-order chi connectivity index (χ1) is 8.26. The van der Waals surface area contributed by atoms with Gasteiger partial charge in [0, 0.05) is 17.1 Å². The minimum atomic E-state index is 0.193. The summed E-state index contributed by atoms with van der Waals surface area (Å²) < 4.78 is 5.60. The molecule has 0 aromatic carbocycles. The van der Waals surface area contributed by atoms with E-state index in [9.17, 15) is 0 Å². The van der Waals surface area contributed by atoms with Crippen molar-refractivity contribution in [3.63, 3.8) is 0 Å². The van der Waals surface area contributed by atoms with Crippen molar-refractivity contribution in [2.75, 3.05) is 0 Å². The van der Waals surface area contributed by atoms with Crippen molar-refractivity contribution in [1.29, 1.82) is 0 Å². The molecular weight excluding hydrogens is 224 g/mol. The Labute approximate surface area is 110 Å². The van der Waals surface area contributed by atoms with Crippen LogP contribution in [0.1, 0.15) is 52.1 Å². The molecule has 2 N–H and O–H groups in total. The Hall–Kier alpha value is -0.800. The van der Waals surface area contributed by atoms with E-state index >= 15 is 0 Å². The first kappa shape index (κ1) is 13.6. The topological polar surface area (TPSA) is 37.2 Å². The zero-order valence-electron chi connectivity index (χ0n) is 12.3. The van der Waals surface area contributed by atoms with Crippen LogP contribution in [0, 0.1) is 6.92 Å². The predicted molar refractivity (Wildman–Crippen MR) is 74.6 cm³/mol. The molecule has 0 spiro atoms. The second-order valence-corrected chi connectivity index (χ2v) is 6.89. The van der Waals surface area contributed by atoms with E-state index in [-0.39, 0.29) is 11.1 Å². The summed E-state index contributed by atoms with van der Waals surface area (Å²) in [5.74, 6) is 2.01. The van der Waals surface area contributed by atoms with Crippen molar-refractivity contribution in [3.8, 4) is 0 Å². The molecule has 2 rings (SSSR count). The number of rotatable bonds is 3. The molecule has 1 aliphatic heterocycles. The van der Waals surface area contributed by atoms with Gasteiger partial charge in [0.25, 0.3) is 0 Å². The van der Waals surface area contributed by atoms with Crippen molar-refractivity contribution in [2.45, 2.75) is 71.1 Å². The van der Waals surface area contributed by atoms with Gasteiger partial charge in [0.2, 0.25) is 0 Å². The van der Waals surface area contributed by atoms with Gasteiger partial charge >= 0.3 is 0 Å². The van der Waals surface area contributed by atoms with Crippen LogP contribution in [0.15, 0.2) is 16.5 Å². The van der Waals surface area contributed by atoms with E-state index in [0.717, 1.165) is 30.9 Å². The Morgan fingerprint density at radius 2 is 1.83 bits per heavy atom. The van der Waals surface area contributed by atoms with Crippen LogP contribution in [0.2, 0.25) is 0 Å². The zero-order valence-corrected chi connectivity index (χ0v) is 12.3. The molecule has 0 unspecified atom stereocenters. The maximum Gasteiger partial charge on any atom is 0.117 e. The lowest BCUT2D eigenvalue weighted by Crippen LogP contribution is -2.61. The van der Waals surface area contributed by atoms with Crippen LogP contribution in [0.3, 0.4) is 0 Å². The Balaban J connectivity index is 1.93. The van der Waals surface area contributed by atoms with Crippen LogP contribution in [0.4, 0.5) is 0 Å². The molecule has 3 nitrogen and oxygen atoms in total. The summed E-state index contributed by atoms with van der Waals surface area (Å²) in [5, 5.41) is 7.33. The highest BCUT2D eigenvalue weighted by molar-refractivity contribution is 5.06. The van der Waals surface area contributed by atoms with Gasteiger partial charge in [0.05, 0.1) is 6.54 Å². The summed E-state index contributed by atoms with van der Waals surface area (Å²) in [5.41, 5.74) is 0.386. The number of furan rings is 1. The first-order valence-corrected chi connectivity index (χ1v) is 6.84. The van der Waals surface area contributed by atoms with Gasteiger partial charge < -0.3 is 15.1 Å². The predicted octanol–water partition coefficient (Wildman–Crippen LogP) is 2.99. The van der Waals surface area contributed by atoms with Gasteiger partial charge in [-0.05, 0) is 59.6 Å². The Kier molecular flexibility index (Phi) is 3.56. The number of hydrogen-bond donors (Lipinski definition) is 2. The molecule has 0 aliphatic carbocycles. The molecule has 1 fully saturated rings. The number of hydrogen-bond acceptors (Lipinski definition) is 3. The third-order valence-corrected chi connectivity index (χ3v) is 3.55. The fourth-order valence-electron chi connectivity index (χ4n) is 3.29. The molecular formula is C15H26N2O. The Morgan fingerprint density at radius 3 is 2.33 bits per heavy atom. The molecule has 0 bridgehead atoms. The average Bonchev–Trinajstić information content (AvgIpc) is 2.56. The van der Waals surface area contributed by atoms with Crippen LogP contribution in [-0.2, 0) is 6.54 Å². The minimum absolute atomic E-state index is 0.193. The molecule has 1 aliphatic rings. The molecule has 1 aromatic rings. The summed E-state index contributed by atoms with van der Waals surface area (Å²) in [7, 11) is 0. The summed E-state index contributed by atoms with van der Waals surface area (Å²) in [6, 6.07) is 4.62. The van der Waals surface area contributed by atoms with Gasteiger partial charge in [-0.1, -0.05) is 0 Å². The minimum Gasteiger partial charge on any atom is -0.465 e. The van der Waals surface area contributed by atoms with Gasteiger partial charge in [0.1, 0.15) is 11.5 Å². The van der Waals surface area contributed by atoms with Crippen LogP contribution in [-0.4, -0.2) is 17.1 Å². The number of piperidine rings is 1. The lowest BCUT2D eigenvalue weighted by atomic mass is 9.79. The summed E-state index contributed by atoms with van der Waals surface area (Å²) in [6.45, 7) is 11.9. The SMILES string of the molecule is Cc1ccc(CNC2CC(C)(C)NC(C)(C)C2)o1. The number of aryl methyl sites for hydroxylation is 1. The monoisotopic (exact) mass is 250 g/mol. The van der Waals surface area contributed by atoms with Gasteiger partial charge in [-0.2, -0.15) is 0 Å². The van der Waals surface area contributed by atoms with E-state index in [2.05, 4.69) is 44.4 Å². The van der Waals surface area contributed by atoms with Gasteiger partial charge in [-0.3, -0.25) is 0 Å². The highest BCUT2D eigenvalue weighted by Gasteiger charge is 2.37. The van der Waals surface area contributed by atoms with Crippen LogP contribution >= 0.6 is 0 Å². The smallest absolute Gasteiger partial charge is 0.117 e. The lowest BCUT2D eigenvalue weighted by Gasteiger charge is -2.46. The van der Waals surface area contributed by atoms with Crippen LogP contribution in [0.25, 0.3) is 0 Å². The molecule has 0 saturated carbocycles. The maximum atomic E-state index is 5.60. The molecule has 18 heavy (non-hydrogen) atoms. The van der Waals surface area contributed by atoms with E-state index in [1.807, 2.05) is 13.0 Å². The first-order valence-electron chi connectivity index (χ1n) is 6.84. The normalized spacial score (nSPS) is 23.2. The van der Waals surface area contributed by atoms with Gasteiger partial charge in [-0.15, -0.1) is 0 Å². The highest BCUT2D eigenvalue weighted by Crippen LogP contribution is 2.28. The zero-order chi connectivity index (χ0) is 13.4. The molecule has 1 aromatic heterocycles. The van der Waals surface area contributed by atoms with E-state index < -0.39 is 0 Å². The second-order valence-electron chi connectivity index (χ2n) is 6.89. The summed E-state index contributed by atoms with van der Waals surface area (Å²) in [6.07, 6.45) is 2.30. The van der Waals surface area contributed by atoms with Crippen molar-refractivity contribution in [2.24, 2.45) is 0 Å². The van der Waals surface area contributed by atoms with Crippen molar-refractivity contribution in [3.05, 3.63) is 23.7 Å². The Bertz CT molecular complexity index is 390. The van der Waals surface area contributed by atoms with Crippen molar-refractivity contribution in [1.82, 2.24) is 10.6 Å². The molecule has 0 amide bonds. The quantitative estimate of drug-likeness (QED) is 0.866. The molecule has 2 heterocycles. The van der Waals surface area contributed by atoms with E-state index in [1.165, 1.54) is 0 Å². The summed E-state index contributed by atoms with van der Waals surface area (Å²) >= 11 is 0. The third kappa shape index (κ3) is 3.59. The van der Waals surface area contributed by atoms with E-state index in [4.69, 9.17) is 4.42 Å². The van der Waals surface area contributed by atoms with Crippen LogP contribution in [0.5, 0.6) is 0 Å². The number of nitrogens with one attached hydrogen (secondary N) is 2. The third-order valence-electron chi connectivity index (χ3n) is 3.55. The fraction of sp³-hybridized carbons (Fsp3) is 0.733. The highest BCUT2D eigenvalue weighted by atomic mass is 16.3. The van der Waals surface area contributed by atoms with Crippen LogP contribution < -0.4 is 10.6 Å². The molecule has 0 atom stereocenters. The van der Waals surface area contributed by atoms with Crippen molar-refractivity contribution < 1.29 is 4.42 Å². The molecule has 0 radical (unpaired) electrons. The fourth-order valence-corrected chi connectivity index (χ4v) is 3.29. The Morgan fingerprint density at radius 1 is 1.22 bits per heavy atom. The van der Waals surface area contributed by atoms with E-state index in [0.29, 0.717) is 6.04 Å². The van der Waals surface area contributed by atoms with E-state index in [1.54, 1.807) is 0 Å². The second kappa shape index (κ2) is 4.71. The van der Waals surface area contributed by atoms with Crippen molar-refractivity contribution >= 4 is 0 Å². The lowest BCUT2D eigenvalue weighted by molar-refractivity contribution is 0.144. The average molecular weight is 250 g/mol. The van der Waals surface area contributed by atoms with Gasteiger partial charge in [0.15, 0.2) is 0 Å². The van der Waals surface area contributed by atoms with Gasteiger partial charge in [-0.25, -0.2) is 0 Å². The molecule has 3 heteroatoms. The molecule has 102 valence electrons.